The third-order valence-corrected chi connectivity index (χ3v) is 4.07. The summed E-state index contributed by atoms with van der Waals surface area (Å²) in [4.78, 5) is 8.90. The second-order valence-electron chi connectivity index (χ2n) is 4.49. The van der Waals surface area contributed by atoms with Crippen molar-refractivity contribution in [2.75, 3.05) is 42.0 Å². The minimum absolute atomic E-state index is 0.811. The van der Waals surface area contributed by atoms with Gasteiger partial charge in [0.15, 0.2) is 5.16 Å². The van der Waals surface area contributed by atoms with Gasteiger partial charge in [0.1, 0.15) is 11.6 Å². The number of thioether (sulfide) groups is 2. The molecule has 0 fully saturated rings. The first-order chi connectivity index (χ1) is 9.80. The van der Waals surface area contributed by atoms with Crippen molar-refractivity contribution in [3.05, 3.63) is 6.07 Å². The van der Waals surface area contributed by atoms with Gasteiger partial charge in [-0.05, 0) is 38.0 Å². The summed E-state index contributed by atoms with van der Waals surface area (Å²) in [6.45, 7) is 3.93. The molecule has 1 aromatic rings. The van der Waals surface area contributed by atoms with E-state index in [1.54, 1.807) is 11.8 Å². The maximum Gasteiger partial charge on any atom is 0.191 e. The molecule has 0 amide bonds. The van der Waals surface area contributed by atoms with Crippen LogP contribution >= 0.6 is 23.5 Å². The first-order valence-electron chi connectivity index (χ1n) is 7.20. The summed E-state index contributed by atoms with van der Waals surface area (Å²) in [5, 5.41) is 7.45. The average molecular weight is 315 g/mol. The number of rotatable bonds is 11. The standard InChI is InChI=1S/C14H26N4S2/c1-4-15-12-11-13(18-14(17-12)20-3)16-9-7-5-6-8-10-19-2/h11H,4-10H2,1-3H3,(H2,15,16,17,18). The van der Waals surface area contributed by atoms with Gasteiger partial charge in [0.05, 0.1) is 0 Å². The zero-order valence-electron chi connectivity index (χ0n) is 12.7. The van der Waals surface area contributed by atoms with Crippen LogP contribution in [0.4, 0.5) is 11.6 Å². The third kappa shape index (κ3) is 7.24. The van der Waals surface area contributed by atoms with Gasteiger partial charge in [-0.2, -0.15) is 11.8 Å². The van der Waals surface area contributed by atoms with E-state index in [1.165, 1.54) is 31.4 Å². The molecule has 1 aromatic heterocycles. The Balaban J connectivity index is 2.33. The number of hydrogen-bond donors (Lipinski definition) is 2. The van der Waals surface area contributed by atoms with Crippen molar-refractivity contribution in [3.8, 4) is 0 Å². The minimum atomic E-state index is 0.811. The monoisotopic (exact) mass is 314 g/mol. The quantitative estimate of drug-likeness (QED) is 0.366. The molecule has 0 aromatic carbocycles. The van der Waals surface area contributed by atoms with Gasteiger partial charge in [0.2, 0.25) is 0 Å². The van der Waals surface area contributed by atoms with Crippen LogP contribution in [0, 0.1) is 0 Å². The van der Waals surface area contributed by atoms with E-state index < -0.39 is 0 Å². The Hall–Kier alpha value is -0.620. The molecule has 4 nitrogen and oxygen atoms in total. The first-order valence-corrected chi connectivity index (χ1v) is 9.81. The molecule has 0 saturated carbocycles. The Bertz CT molecular complexity index is 374. The van der Waals surface area contributed by atoms with Crippen LogP contribution in [0.3, 0.4) is 0 Å². The Morgan fingerprint density at radius 3 is 2.35 bits per heavy atom. The molecular formula is C14H26N4S2. The van der Waals surface area contributed by atoms with E-state index in [0.29, 0.717) is 0 Å². The minimum Gasteiger partial charge on any atom is -0.370 e. The largest absolute Gasteiger partial charge is 0.370 e. The molecule has 0 bridgehead atoms. The molecule has 0 unspecified atom stereocenters. The molecule has 114 valence electrons. The fourth-order valence-corrected chi connectivity index (χ4v) is 2.69. The van der Waals surface area contributed by atoms with E-state index in [0.717, 1.165) is 29.9 Å². The van der Waals surface area contributed by atoms with Gasteiger partial charge in [0.25, 0.3) is 0 Å². The highest BCUT2D eigenvalue weighted by Gasteiger charge is 2.03. The number of unbranched alkanes of at least 4 members (excludes halogenated alkanes) is 3. The van der Waals surface area contributed by atoms with Gasteiger partial charge < -0.3 is 10.6 Å². The molecule has 0 aliphatic heterocycles. The summed E-state index contributed by atoms with van der Waals surface area (Å²) in [7, 11) is 0. The van der Waals surface area contributed by atoms with Crippen molar-refractivity contribution >= 4 is 35.2 Å². The van der Waals surface area contributed by atoms with E-state index in [4.69, 9.17) is 0 Å². The first kappa shape index (κ1) is 17.4. The molecule has 1 rings (SSSR count). The van der Waals surface area contributed by atoms with Crippen LogP contribution in [-0.4, -0.2) is 41.3 Å². The molecule has 0 radical (unpaired) electrons. The van der Waals surface area contributed by atoms with Gasteiger partial charge in [-0.3, -0.25) is 0 Å². The highest BCUT2D eigenvalue weighted by atomic mass is 32.2. The second-order valence-corrected chi connectivity index (χ2v) is 6.25. The molecular weight excluding hydrogens is 288 g/mol. The van der Waals surface area contributed by atoms with Crippen molar-refractivity contribution in [2.45, 2.75) is 37.8 Å². The van der Waals surface area contributed by atoms with Crippen LogP contribution in [-0.2, 0) is 0 Å². The van der Waals surface area contributed by atoms with Crippen LogP contribution in [0.5, 0.6) is 0 Å². The summed E-state index contributed by atoms with van der Waals surface area (Å²) < 4.78 is 0. The lowest BCUT2D eigenvalue weighted by Crippen LogP contribution is -2.07. The fraction of sp³-hybridized carbons (Fsp3) is 0.714. The molecule has 0 aliphatic rings. The van der Waals surface area contributed by atoms with Crippen LogP contribution < -0.4 is 10.6 Å². The predicted molar refractivity (Wildman–Crippen MR) is 93.3 cm³/mol. The maximum atomic E-state index is 4.48. The third-order valence-electron chi connectivity index (χ3n) is 2.83. The van der Waals surface area contributed by atoms with E-state index in [9.17, 15) is 0 Å². The van der Waals surface area contributed by atoms with Crippen molar-refractivity contribution < 1.29 is 0 Å². The second kappa shape index (κ2) is 11.1. The molecule has 2 N–H and O–H groups in total. The Kier molecular flexibility index (Phi) is 9.66. The highest BCUT2D eigenvalue weighted by molar-refractivity contribution is 7.98. The van der Waals surface area contributed by atoms with Crippen molar-refractivity contribution in [3.63, 3.8) is 0 Å². The molecule has 20 heavy (non-hydrogen) atoms. The van der Waals surface area contributed by atoms with Crippen molar-refractivity contribution in [1.82, 2.24) is 9.97 Å². The molecule has 0 spiro atoms. The summed E-state index contributed by atoms with van der Waals surface area (Å²) in [5.41, 5.74) is 0. The molecule has 0 saturated heterocycles. The topological polar surface area (TPSA) is 49.8 Å². The molecule has 6 heteroatoms. The van der Waals surface area contributed by atoms with Crippen LogP contribution in [0.15, 0.2) is 11.2 Å². The maximum absolute atomic E-state index is 4.48. The van der Waals surface area contributed by atoms with Crippen LogP contribution in [0.1, 0.15) is 32.6 Å². The molecule has 0 aliphatic carbocycles. The smallest absolute Gasteiger partial charge is 0.191 e. The zero-order valence-corrected chi connectivity index (χ0v) is 14.4. The lowest BCUT2D eigenvalue weighted by Gasteiger charge is -2.09. The van der Waals surface area contributed by atoms with E-state index >= 15 is 0 Å². The van der Waals surface area contributed by atoms with Crippen LogP contribution in [0.25, 0.3) is 0 Å². The van der Waals surface area contributed by atoms with Crippen molar-refractivity contribution in [2.24, 2.45) is 0 Å². The van der Waals surface area contributed by atoms with Gasteiger partial charge in [-0.25, -0.2) is 9.97 Å². The molecule has 0 atom stereocenters. The summed E-state index contributed by atoms with van der Waals surface area (Å²) in [6.07, 6.45) is 9.31. The normalized spacial score (nSPS) is 10.6. The Labute approximate surface area is 131 Å². The fourth-order valence-electron chi connectivity index (χ4n) is 1.82. The molecule has 1 heterocycles. The summed E-state index contributed by atoms with van der Waals surface area (Å²) >= 11 is 3.50. The van der Waals surface area contributed by atoms with Gasteiger partial charge in [0, 0.05) is 19.2 Å². The number of nitrogens with one attached hydrogen (secondary N) is 2. The van der Waals surface area contributed by atoms with Crippen molar-refractivity contribution in [1.29, 1.82) is 0 Å². The van der Waals surface area contributed by atoms with E-state index in [2.05, 4.69) is 33.8 Å². The zero-order chi connectivity index (χ0) is 14.6. The Morgan fingerprint density at radius 2 is 1.70 bits per heavy atom. The van der Waals surface area contributed by atoms with E-state index in [-0.39, 0.29) is 0 Å². The predicted octanol–water partition coefficient (Wildman–Crippen LogP) is 3.97. The SMILES string of the molecule is CCNc1cc(NCCCCCCSC)nc(SC)n1. The number of anilines is 2. The van der Waals surface area contributed by atoms with Gasteiger partial charge in [-0.1, -0.05) is 24.6 Å². The lowest BCUT2D eigenvalue weighted by atomic mass is 10.2. The average Bonchev–Trinajstić information content (AvgIpc) is 2.46. The Morgan fingerprint density at radius 1 is 1.00 bits per heavy atom. The summed E-state index contributed by atoms with van der Waals surface area (Å²) in [6, 6.07) is 1.98. The lowest BCUT2D eigenvalue weighted by molar-refractivity contribution is 0.688. The highest BCUT2D eigenvalue weighted by Crippen LogP contribution is 2.17. The van der Waals surface area contributed by atoms with Gasteiger partial charge >= 0.3 is 0 Å². The van der Waals surface area contributed by atoms with Crippen LogP contribution in [0.2, 0.25) is 0 Å². The van der Waals surface area contributed by atoms with E-state index in [1.807, 2.05) is 24.1 Å². The summed E-state index contributed by atoms with van der Waals surface area (Å²) in [5.74, 6) is 3.10. The number of hydrogen-bond acceptors (Lipinski definition) is 6. The number of nitrogens with zero attached hydrogens (tertiary/aromatic N) is 2. The number of aromatic nitrogens is 2. The van der Waals surface area contributed by atoms with Gasteiger partial charge in [-0.15, -0.1) is 0 Å².